The Balaban J connectivity index is 1.45. The van der Waals surface area contributed by atoms with Gasteiger partial charge in [0.15, 0.2) is 0 Å². The average Bonchev–Trinajstić information content (AvgIpc) is 3.58. The summed E-state index contributed by atoms with van der Waals surface area (Å²) >= 11 is 0. The largest absolute Gasteiger partial charge is 0.456 e. The lowest BCUT2D eigenvalue weighted by atomic mass is 9.83. The van der Waals surface area contributed by atoms with Crippen LogP contribution < -0.4 is 0 Å². The number of benzene rings is 8. The van der Waals surface area contributed by atoms with Crippen molar-refractivity contribution >= 4 is 43.5 Å². The maximum absolute atomic E-state index is 9.39. The smallest absolute Gasteiger partial charge is 0.135 e. The topological polar surface area (TPSA) is 13.1 Å². The molecule has 0 saturated heterocycles. The minimum atomic E-state index is -0.436. The summed E-state index contributed by atoms with van der Waals surface area (Å²) in [6.07, 6.45) is 0. The molecular weight excluding hydrogens is 544 g/mol. The first-order valence-corrected chi connectivity index (χ1v) is 14.8. The molecule has 0 unspecified atom stereocenters. The Morgan fingerprint density at radius 2 is 0.867 bits per heavy atom. The minimum absolute atomic E-state index is 0.171. The van der Waals surface area contributed by atoms with E-state index in [0.29, 0.717) is 33.4 Å². The predicted molar refractivity (Wildman–Crippen MR) is 190 cm³/mol. The lowest BCUT2D eigenvalue weighted by Gasteiger charge is -2.20. The third-order valence-corrected chi connectivity index (χ3v) is 8.54. The summed E-state index contributed by atoms with van der Waals surface area (Å²) < 4.78 is 78.8. The molecule has 9 aromatic rings. The summed E-state index contributed by atoms with van der Waals surface area (Å²) in [6, 6.07) is 35.7. The second kappa shape index (κ2) is 10.4. The van der Waals surface area contributed by atoms with Crippen LogP contribution in [-0.4, -0.2) is 0 Å². The van der Waals surface area contributed by atoms with Gasteiger partial charge in [-0.3, -0.25) is 0 Å². The van der Waals surface area contributed by atoms with Crippen LogP contribution in [0.2, 0.25) is 0 Å². The van der Waals surface area contributed by atoms with Gasteiger partial charge in [0.25, 0.3) is 0 Å². The molecule has 0 aliphatic heterocycles. The van der Waals surface area contributed by atoms with Crippen molar-refractivity contribution in [3.63, 3.8) is 0 Å². The molecule has 0 radical (unpaired) electrons. The Kier molecular flexibility index (Phi) is 4.30. The van der Waals surface area contributed by atoms with Gasteiger partial charge in [-0.05, 0) is 84.3 Å². The monoisotopic (exact) mass is 580 g/mol. The van der Waals surface area contributed by atoms with E-state index in [1.807, 2.05) is 109 Å². The van der Waals surface area contributed by atoms with E-state index < -0.39 is 24.2 Å². The van der Waals surface area contributed by atoms with Gasteiger partial charge in [-0.1, -0.05) is 151 Å². The molecule has 0 bridgehead atoms. The number of fused-ring (bicyclic) bond motifs is 5. The second-order valence-electron chi connectivity index (χ2n) is 11.0. The van der Waals surface area contributed by atoms with Crippen LogP contribution in [0.15, 0.2) is 174 Å². The van der Waals surface area contributed by atoms with E-state index in [1.54, 1.807) is 12.1 Å². The first-order valence-electron chi connectivity index (χ1n) is 18.8. The Hall–Kier alpha value is -5.92. The number of furan rings is 1. The van der Waals surface area contributed by atoms with Crippen LogP contribution in [0.1, 0.15) is 11.0 Å². The molecule has 0 aliphatic carbocycles. The third kappa shape index (κ3) is 4.17. The molecule has 9 rings (SSSR count). The molecule has 45 heavy (non-hydrogen) atoms. The van der Waals surface area contributed by atoms with Gasteiger partial charge in [0.2, 0.25) is 0 Å². The van der Waals surface area contributed by atoms with Gasteiger partial charge in [-0.15, -0.1) is 0 Å². The standard InChI is InChI=1S/C44H28O/c1-2-12-29(13-3-1)30-22-24-31(25-23-30)33-14-4-5-16-35(33)44-38-19-8-6-17-36(38)43(37-18-7-9-20-39(37)44)32-26-27-42-40(28-32)34-15-10-11-21-41(34)45-42/h1-28H/i6D,7D,8D,9D,17D,18D,19D,20D. The van der Waals surface area contributed by atoms with E-state index in [9.17, 15) is 5.48 Å². The van der Waals surface area contributed by atoms with Crippen LogP contribution >= 0.6 is 0 Å². The first kappa shape index (κ1) is 18.7. The molecule has 0 saturated carbocycles. The van der Waals surface area contributed by atoms with Crippen molar-refractivity contribution in [2.45, 2.75) is 0 Å². The van der Waals surface area contributed by atoms with E-state index in [0.717, 1.165) is 33.0 Å². The van der Waals surface area contributed by atoms with E-state index >= 15 is 0 Å². The van der Waals surface area contributed by atoms with E-state index in [2.05, 4.69) is 0 Å². The van der Waals surface area contributed by atoms with Crippen LogP contribution in [0, 0.1) is 0 Å². The van der Waals surface area contributed by atoms with Gasteiger partial charge in [0, 0.05) is 10.8 Å². The van der Waals surface area contributed by atoms with Gasteiger partial charge in [-0.2, -0.15) is 0 Å². The first-order chi connectivity index (χ1) is 25.7. The fraction of sp³-hybridized carbons (Fsp3) is 0. The molecule has 0 amide bonds. The molecule has 0 aliphatic rings. The highest BCUT2D eigenvalue weighted by molar-refractivity contribution is 6.23. The zero-order valence-electron chi connectivity index (χ0n) is 32.0. The molecule has 210 valence electrons. The Labute approximate surface area is 272 Å². The number of rotatable bonds is 4. The normalized spacial score (nSPS) is 14.0. The van der Waals surface area contributed by atoms with Crippen molar-refractivity contribution in [1.82, 2.24) is 0 Å². The molecular formula is C44H28O. The molecule has 1 nitrogen and oxygen atoms in total. The predicted octanol–water partition coefficient (Wildman–Crippen LogP) is 12.6. The highest BCUT2D eigenvalue weighted by atomic mass is 16.3. The molecule has 0 N–H and O–H groups in total. The van der Waals surface area contributed by atoms with Gasteiger partial charge in [0.1, 0.15) is 11.2 Å². The summed E-state index contributed by atoms with van der Waals surface area (Å²) in [4.78, 5) is 0. The lowest BCUT2D eigenvalue weighted by molar-refractivity contribution is 0.669. The maximum atomic E-state index is 9.39. The minimum Gasteiger partial charge on any atom is -0.456 e. The Morgan fingerprint density at radius 1 is 0.356 bits per heavy atom. The summed E-state index contributed by atoms with van der Waals surface area (Å²) in [5.74, 6) is 0. The summed E-state index contributed by atoms with van der Waals surface area (Å²) in [5.41, 5.74) is 6.70. The fourth-order valence-electron chi connectivity index (χ4n) is 6.49. The highest BCUT2D eigenvalue weighted by Gasteiger charge is 2.19. The van der Waals surface area contributed by atoms with Crippen molar-refractivity contribution in [3.05, 3.63) is 170 Å². The molecule has 8 aromatic carbocycles. The molecule has 1 heterocycles. The summed E-state index contributed by atoms with van der Waals surface area (Å²) in [5, 5.41) is 2.32. The Morgan fingerprint density at radius 3 is 1.58 bits per heavy atom. The van der Waals surface area contributed by atoms with Crippen LogP contribution in [-0.2, 0) is 0 Å². The van der Waals surface area contributed by atoms with Crippen molar-refractivity contribution in [2.24, 2.45) is 0 Å². The van der Waals surface area contributed by atoms with Gasteiger partial charge in [0.05, 0.1) is 11.0 Å². The number of hydrogen-bond acceptors (Lipinski definition) is 1. The molecule has 1 heteroatoms. The maximum Gasteiger partial charge on any atom is 0.135 e. The van der Waals surface area contributed by atoms with Crippen LogP contribution in [0.4, 0.5) is 0 Å². The van der Waals surface area contributed by atoms with Crippen molar-refractivity contribution < 1.29 is 15.4 Å². The lowest BCUT2D eigenvalue weighted by Crippen LogP contribution is -1.92. The van der Waals surface area contributed by atoms with Crippen molar-refractivity contribution in [1.29, 1.82) is 0 Å². The van der Waals surface area contributed by atoms with Crippen LogP contribution in [0.3, 0.4) is 0 Å². The van der Waals surface area contributed by atoms with Crippen LogP contribution in [0.25, 0.3) is 88.0 Å². The molecule has 0 atom stereocenters. The highest BCUT2D eigenvalue weighted by Crippen LogP contribution is 2.46. The summed E-state index contributed by atoms with van der Waals surface area (Å²) in [6.45, 7) is 0. The zero-order chi connectivity index (χ0) is 36.7. The zero-order valence-corrected chi connectivity index (χ0v) is 24.0. The van der Waals surface area contributed by atoms with Gasteiger partial charge in [-0.25, -0.2) is 0 Å². The molecule has 0 spiro atoms. The quantitative estimate of drug-likeness (QED) is 0.189. The van der Waals surface area contributed by atoms with Crippen molar-refractivity contribution in [3.8, 4) is 44.5 Å². The third-order valence-electron chi connectivity index (χ3n) is 8.54. The van der Waals surface area contributed by atoms with Crippen molar-refractivity contribution in [2.75, 3.05) is 0 Å². The van der Waals surface area contributed by atoms with E-state index in [-0.39, 0.29) is 45.7 Å². The average molecular weight is 581 g/mol. The second-order valence-corrected chi connectivity index (χ2v) is 11.0. The Bertz CT molecular complexity index is 2890. The number of hydrogen-bond donors (Lipinski definition) is 0. The van der Waals surface area contributed by atoms with E-state index in [4.69, 9.17) is 9.90 Å². The number of para-hydroxylation sites is 1. The molecule has 1 aromatic heterocycles. The molecule has 0 fully saturated rings. The van der Waals surface area contributed by atoms with Gasteiger partial charge < -0.3 is 4.42 Å². The van der Waals surface area contributed by atoms with Gasteiger partial charge >= 0.3 is 0 Å². The SMILES string of the molecule is [2H]c1c([2H])c([2H])c2c(-c3ccccc3-c3ccc(-c4ccccc4)cc3)c3c([2H])c([2H])c([2H])c([2H])c3c(-c3ccc4oc5ccccc5c4c3)c2c1[2H]. The fourth-order valence-corrected chi connectivity index (χ4v) is 6.49. The summed E-state index contributed by atoms with van der Waals surface area (Å²) in [7, 11) is 0. The van der Waals surface area contributed by atoms with Crippen LogP contribution in [0.5, 0.6) is 0 Å². The van der Waals surface area contributed by atoms with E-state index in [1.165, 1.54) is 0 Å².